The van der Waals surface area contributed by atoms with E-state index in [0.29, 0.717) is 6.54 Å². The van der Waals surface area contributed by atoms with Gasteiger partial charge in [-0.1, -0.05) is 23.8 Å². The minimum Gasteiger partial charge on any atom is -0.466 e. The van der Waals surface area contributed by atoms with Crippen LogP contribution in [0.25, 0.3) is 0 Å². The van der Waals surface area contributed by atoms with Gasteiger partial charge in [0.2, 0.25) is 0 Å². The molecule has 1 aliphatic carbocycles. The second-order valence-corrected chi connectivity index (χ2v) is 6.72. The van der Waals surface area contributed by atoms with Crippen LogP contribution in [0.2, 0.25) is 0 Å². The minimum absolute atomic E-state index is 0.0223. The number of aromatic nitrogens is 2. The van der Waals surface area contributed by atoms with Crippen molar-refractivity contribution in [3.8, 4) is 0 Å². The van der Waals surface area contributed by atoms with Crippen LogP contribution in [-0.2, 0) is 4.74 Å². The Hall–Kier alpha value is -2.89. The molecule has 0 N–H and O–H groups in total. The molecular formula is C20H22N4O2. The number of urea groups is 1. The van der Waals surface area contributed by atoms with Crippen LogP contribution >= 0.6 is 0 Å². The highest BCUT2D eigenvalue weighted by Gasteiger charge is 2.30. The molecule has 6 nitrogen and oxygen atoms in total. The van der Waals surface area contributed by atoms with Crippen molar-refractivity contribution in [1.29, 1.82) is 0 Å². The maximum absolute atomic E-state index is 12.9. The summed E-state index contributed by atoms with van der Waals surface area (Å²) in [6.45, 7) is 1.40. The largest absolute Gasteiger partial charge is 0.466 e. The lowest BCUT2D eigenvalue weighted by atomic mass is 10.0. The Labute approximate surface area is 153 Å². The SMILES string of the molecule is O=C(N1C=COC(CC2=CC=CCC2)=C1)N1CCC(c2cnccn2)C1. The lowest BCUT2D eigenvalue weighted by Crippen LogP contribution is -2.37. The quantitative estimate of drug-likeness (QED) is 0.834. The van der Waals surface area contributed by atoms with E-state index < -0.39 is 0 Å². The number of nitrogens with zero attached hydrogens (tertiary/aromatic N) is 4. The van der Waals surface area contributed by atoms with Crippen molar-refractivity contribution in [3.05, 3.63) is 72.5 Å². The average Bonchev–Trinajstić information content (AvgIpc) is 3.19. The van der Waals surface area contributed by atoms with Gasteiger partial charge >= 0.3 is 6.03 Å². The maximum Gasteiger partial charge on any atom is 0.328 e. The number of hydrogen-bond donors (Lipinski definition) is 0. The van der Waals surface area contributed by atoms with E-state index in [2.05, 4.69) is 28.2 Å². The second kappa shape index (κ2) is 7.56. The lowest BCUT2D eigenvalue weighted by molar-refractivity contribution is 0.184. The van der Waals surface area contributed by atoms with E-state index in [9.17, 15) is 4.79 Å². The molecule has 2 aliphatic heterocycles. The number of carbonyl (C=O) groups is 1. The Morgan fingerprint density at radius 3 is 3.12 bits per heavy atom. The molecule has 1 unspecified atom stereocenters. The van der Waals surface area contributed by atoms with Crippen LogP contribution in [0.1, 0.15) is 37.3 Å². The van der Waals surface area contributed by atoms with Crippen molar-refractivity contribution in [2.24, 2.45) is 0 Å². The molecule has 1 aromatic rings. The van der Waals surface area contributed by atoms with Gasteiger partial charge in [0.15, 0.2) is 0 Å². The van der Waals surface area contributed by atoms with Crippen molar-refractivity contribution in [1.82, 2.24) is 19.8 Å². The van der Waals surface area contributed by atoms with E-state index in [0.717, 1.165) is 43.7 Å². The van der Waals surface area contributed by atoms with Crippen LogP contribution in [0.15, 0.2) is 66.8 Å². The molecule has 4 rings (SSSR count). The van der Waals surface area contributed by atoms with Gasteiger partial charge in [-0.2, -0.15) is 0 Å². The van der Waals surface area contributed by atoms with Crippen LogP contribution in [0.5, 0.6) is 0 Å². The first-order valence-electron chi connectivity index (χ1n) is 9.01. The van der Waals surface area contributed by atoms with Crippen LogP contribution in [0.4, 0.5) is 4.79 Å². The summed E-state index contributed by atoms with van der Waals surface area (Å²) in [5.41, 5.74) is 2.28. The summed E-state index contributed by atoms with van der Waals surface area (Å²) in [6, 6.07) is -0.0223. The summed E-state index contributed by atoms with van der Waals surface area (Å²) in [4.78, 5) is 24.8. The summed E-state index contributed by atoms with van der Waals surface area (Å²) in [6.07, 6.45) is 20.4. The van der Waals surface area contributed by atoms with E-state index in [1.165, 1.54) is 5.57 Å². The van der Waals surface area contributed by atoms with Gasteiger partial charge in [0.25, 0.3) is 0 Å². The van der Waals surface area contributed by atoms with Crippen LogP contribution < -0.4 is 0 Å². The van der Waals surface area contributed by atoms with Gasteiger partial charge in [-0.15, -0.1) is 0 Å². The Balaban J connectivity index is 1.39. The minimum atomic E-state index is -0.0223. The van der Waals surface area contributed by atoms with E-state index in [-0.39, 0.29) is 11.9 Å². The van der Waals surface area contributed by atoms with Crippen molar-refractivity contribution in [3.63, 3.8) is 0 Å². The fourth-order valence-electron chi connectivity index (χ4n) is 3.50. The highest BCUT2D eigenvalue weighted by molar-refractivity contribution is 5.77. The molecule has 26 heavy (non-hydrogen) atoms. The van der Waals surface area contributed by atoms with Crippen LogP contribution in [0, 0.1) is 0 Å². The topological polar surface area (TPSA) is 58.6 Å². The highest BCUT2D eigenvalue weighted by atomic mass is 16.5. The summed E-state index contributed by atoms with van der Waals surface area (Å²) in [5.74, 6) is 1.05. The van der Waals surface area contributed by atoms with Gasteiger partial charge in [0.1, 0.15) is 12.0 Å². The van der Waals surface area contributed by atoms with E-state index in [1.807, 2.05) is 4.90 Å². The maximum atomic E-state index is 12.9. The molecule has 3 aliphatic rings. The average molecular weight is 350 g/mol. The van der Waals surface area contributed by atoms with Gasteiger partial charge in [-0.25, -0.2) is 4.79 Å². The predicted molar refractivity (Wildman–Crippen MR) is 97.6 cm³/mol. The molecule has 6 heteroatoms. The fourth-order valence-corrected chi connectivity index (χ4v) is 3.50. The molecule has 1 atom stereocenters. The number of carbonyl (C=O) groups excluding carboxylic acids is 1. The van der Waals surface area contributed by atoms with E-state index >= 15 is 0 Å². The number of rotatable bonds is 3. The van der Waals surface area contributed by atoms with E-state index in [4.69, 9.17) is 4.74 Å². The number of amides is 2. The first-order chi connectivity index (χ1) is 12.8. The summed E-state index contributed by atoms with van der Waals surface area (Å²) < 4.78 is 5.60. The molecule has 0 saturated carbocycles. The zero-order valence-corrected chi connectivity index (χ0v) is 14.6. The van der Waals surface area contributed by atoms with Crippen molar-refractivity contribution in [2.75, 3.05) is 13.1 Å². The lowest BCUT2D eigenvalue weighted by Gasteiger charge is -2.25. The predicted octanol–water partition coefficient (Wildman–Crippen LogP) is 3.70. The van der Waals surface area contributed by atoms with Crippen LogP contribution in [0.3, 0.4) is 0 Å². The molecule has 1 fully saturated rings. The van der Waals surface area contributed by atoms with Crippen LogP contribution in [-0.4, -0.2) is 38.9 Å². The monoisotopic (exact) mass is 350 g/mol. The molecule has 2 amide bonds. The zero-order chi connectivity index (χ0) is 17.8. The summed E-state index contributed by atoms with van der Waals surface area (Å²) in [7, 11) is 0. The zero-order valence-electron chi connectivity index (χ0n) is 14.6. The van der Waals surface area contributed by atoms with Crippen molar-refractivity contribution in [2.45, 2.75) is 31.6 Å². The molecule has 0 aromatic carbocycles. The van der Waals surface area contributed by atoms with Gasteiger partial charge in [-0.05, 0) is 19.3 Å². The molecule has 134 valence electrons. The third kappa shape index (κ3) is 3.69. The third-order valence-corrected chi connectivity index (χ3v) is 4.91. The van der Waals surface area contributed by atoms with E-state index in [1.54, 1.807) is 42.2 Å². The first-order valence-corrected chi connectivity index (χ1v) is 9.01. The number of hydrogen-bond acceptors (Lipinski definition) is 4. The first kappa shape index (κ1) is 16.6. The highest BCUT2D eigenvalue weighted by Crippen LogP contribution is 2.27. The standard InChI is InChI=1S/C20H22N4O2/c25-20(23-9-6-17(14-23)19-13-21-7-8-22-19)24-10-11-26-18(15-24)12-16-4-2-1-3-5-16/h1-2,4,7-8,10-11,13,15,17H,3,5-6,9,12,14H2. The normalized spacial score (nSPS) is 22.1. The van der Waals surface area contributed by atoms with Gasteiger partial charge in [0, 0.05) is 50.2 Å². The Morgan fingerprint density at radius 1 is 1.35 bits per heavy atom. The third-order valence-electron chi connectivity index (χ3n) is 4.91. The Morgan fingerprint density at radius 2 is 2.31 bits per heavy atom. The smallest absolute Gasteiger partial charge is 0.328 e. The molecule has 1 saturated heterocycles. The molecule has 0 spiro atoms. The van der Waals surface area contributed by atoms with Crippen molar-refractivity contribution < 1.29 is 9.53 Å². The molecule has 0 bridgehead atoms. The van der Waals surface area contributed by atoms with Gasteiger partial charge in [-0.3, -0.25) is 14.9 Å². The summed E-state index contributed by atoms with van der Waals surface area (Å²) >= 11 is 0. The second-order valence-electron chi connectivity index (χ2n) is 6.72. The van der Waals surface area contributed by atoms with Gasteiger partial charge < -0.3 is 9.64 Å². The Bertz CT molecular complexity index is 782. The number of ether oxygens (including phenoxy) is 1. The molecular weight excluding hydrogens is 328 g/mol. The molecule has 3 heterocycles. The Kier molecular flexibility index (Phi) is 4.82. The van der Waals surface area contributed by atoms with Crippen molar-refractivity contribution >= 4 is 6.03 Å². The molecule has 0 radical (unpaired) electrons. The summed E-state index contributed by atoms with van der Waals surface area (Å²) in [5, 5.41) is 0. The number of allylic oxidation sites excluding steroid dienone is 4. The molecule has 1 aromatic heterocycles. The number of likely N-dealkylation sites (tertiary alicyclic amines) is 1. The fraction of sp³-hybridized carbons (Fsp3) is 0.350. The van der Waals surface area contributed by atoms with Gasteiger partial charge in [0.05, 0.1) is 11.9 Å².